The molecule has 0 aliphatic heterocycles. The van der Waals surface area contributed by atoms with Crippen molar-refractivity contribution in [2.75, 3.05) is 18.0 Å². The van der Waals surface area contributed by atoms with Crippen molar-refractivity contribution in [3.8, 4) is 0 Å². The summed E-state index contributed by atoms with van der Waals surface area (Å²) in [6.07, 6.45) is 1.86. The monoisotopic (exact) mass is 488 g/mol. The van der Waals surface area contributed by atoms with Gasteiger partial charge in [0.1, 0.15) is 0 Å². The molecule has 0 unspecified atom stereocenters. The third kappa shape index (κ3) is 7.27. The van der Waals surface area contributed by atoms with Crippen LogP contribution in [0, 0.1) is 13.8 Å². The highest BCUT2D eigenvalue weighted by atomic mass is 15.1. The first kappa shape index (κ1) is 25.6. The van der Waals surface area contributed by atoms with Crippen molar-refractivity contribution in [2.24, 2.45) is 25.4 Å². The van der Waals surface area contributed by atoms with E-state index in [1.807, 2.05) is 67.7 Å². The van der Waals surface area contributed by atoms with Crippen LogP contribution in [0.1, 0.15) is 30.5 Å². The number of aryl methyl sites for hydroxylation is 2. The third-order valence-corrected chi connectivity index (χ3v) is 6.00. The number of hydrogen-bond acceptors (Lipinski definition) is 6. The van der Waals surface area contributed by atoms with Crippen LogP contribution >= 0.6 is 0 Å². The Kier molecular flexibility index (Phi) is 8.66. The van der Waals surface area contributed by atoms with E-state index in [0.29, 0.717) is 0 Å². The van der Waals surface area contributed by atoms with Gasteiger partial charge in [0.25, 0.3) is 0 Å². The quantitative estimate of drug-likeness (QED) is 0.171. The van der Waals surface area contributed by atoms with E-state index >= 15 is 0 Å². The Bertz CT molecular complexity index is 1380. The lowest BCUT2D eigenvalue weighted by molar-refractivity contribution is 0.866. The molecule has 0 N–H and O–H groups in total. The summed E-state index contributed by atoms with van der Waals surface area (Å²) in [6.45, 7) is 10.3. The van der Waals surface area contributed by atoms with E-state index in [2.05, 4.69) is 87.5 Å². The summed E-state index contributed by atoms with van der Waals surface area (Å²) in [5.41, 5.74) is 8.51. The number of nitrogens with zero attached hydrogens (tertiary/aromatic N) is 6. The van der Waals surface area contributed by atoms with Gasteiger partial charge in [-0.1, -0.05) is 29.8 Å². The van der Waals surface area contributed by atoms with Crippen LogP contribution in [0.25, 0.3) is 0 Å². The highest BCUT2D eigenvalue weighted by Gasteiger charge is 2.02. The van der Waals surface area contributed by atoms with Crippen LogP contribution in [-0.2, 0) is 0 Å². The van der Waals surface area contributed by atoms with Crippen molar-refractivity contribution in [1.82, 2.24) is 0 Å². The van der Waals surface area contributed by atoms with Gasteiger partial charge in [-0.15, -0.1) is 0 Å². The highest BCUT2D eigenvalue weighted by molar-refractivity contribution is 5.82. The molecule has 0 bridgehead atoms. The largest absolute Gasteiger partial charge is 0.372 e. The minimum absolute atomic E-state index is 0.769. The fraction of sp³-hybridized carbons (Fsp3) is 0.194. The van der Waals surface area contributed by atoms with Crippen molar-refractivity contribution in [3.63, 3.8) is 0 Å². The molecular weight excluding hydrogens is 456 g/mol. The van der Waals surface area contributed by atoms with Gasteiger partial charge in [-0.2, -0.15) is 20.5 Å². The van der Waals surface area contributed by atoms with Crippen molar-refractivity contribution in [1.29, 1.82) is 0 Å². The van der Waals surface area contributed by atoms with Gasteiger partial charge >= 0.3 is 0 Å². The highest BCUT2D eigenvalue weighted by Crippen LogP contribution is 2.28. The van der Waals surface area contributed by atoms with Gasteiger partial charge in [0.2, 0.25) is 0 Å². The number of benzene rings is 4. The van der Waals surface area contributed by atoms with Gasteiger partial charge in [-0.05, 0) is 106 Å². The van der Waals surface area contributed by atoms with Crippen LogP contribution in [0.4, 0.5) is 34.1 Å². The number of hydrogen-bond donors (Lipinski definition) is 0. The zero-order valence-electron chi connectivity index (χ0n) is 21.8. The minimum atomic E-state index is 0.769. The van der Waals surface area contributed by atoms with Crippen LogP contribution in [0.5, 0.6) is 0 Å². The molecule has 0 atom stereocenters. The molecule has 6 nitrogen and oxygen atoms in total. The van der Waals surface area contributed by atoms with Gasteiger partial charge in [0.15, 0.2) is 0 Å². The lowest BCUT2D eigenvalue weighted by Crippen LogP contribution is -2.21. The zero-order chi connectivity index (χ0) is 26.0. The Labute approximate surface area is 219 Å². The molecule has 0 aliphatic carbocycles. The summed E-state index contributed by atoms with van der Waals surface area (Å²) in [5.74, 6) is 0. The summed E-state index contributed by atoms with van der Waals surface area (Å²) in [5, 5.41) is 17.6. The van der Waals surface area contributed by atoms with E-state index in [9.17, 15) is 0 Å². The normalized spacial score (nSPS) is 11.7. The fourth-order valence-corrected chi connectivity index (χ4v) is 3.77. The lowest BCUT2D eigenvalue weighted by Gasteiger charge is -2.20. The Morgan fingerprint density at radius 2 is 1.14 bits per heavy atom. The maximum absolute atomic E-state index is 4.53. The Morgan fingerprint density at radius 1 is 0.595 bits per heavy atom. The van der Waals surface area contributed by atoms with Gasteiger partial charge in [-0.25, -0.2) is 0 Å². The molecule has 0 heterocycles. The first-order valence-corrected chi connectivity index (χ1v) is 12.5. The number of aliphatic imine (C=N–C) groups is 1. The Balaban J connectivity index is 1.37. The van der Waals surface area contributed by atoms with Crippen LogP contribution in [0.2, 0.25) is 0 Å². The van der Waals surface area contributed by atoms with E-state index < -0.39 is 0 Å². The molecule has 4 aromatic carbocycles. The summed E-state index contributed by atoms with van der Waals surface area (Å²) < 4.78 is 0. The maximum atomic E-state index is 4.53. The molecule has 0 spiro atoms. The fourth-order valence-electron chi connectivity index (χ4n) is 3.77. The van der Waals surface area contributed by atoms with Gasteiger partial charge in [0.05, 0.1) is 28.4 Å². The molecule has 0 aliphatic rings. The van der Waals surface area contributed by atoms with Crippen molar-refractivity contribution in [2.45, 2.75) is 27.7 Å². The summed E-state index contributed by atoms with van der Waals surface area (Å²) in [6, 6.07) is 29.9. The molecule has 0 aromatic heterocycles. The van der Waals surface area contributed by atoms with E-state index in [0.717, 1.165) is 52.7 Å². The predicted molar refractivity (Wildman–Crippen MR) is 154 cm³/mol. The Morgan fingerprint density at radius 3 is 1.76 bits per heavy atom. The van der Waals surface area contributed by atoms with Crippen LogP contribution < -0.4 is 4.90 Å². The van der Waals surface area contributed by atoms with E-state index in [1.165, 1.54) is 11.3 Å². The van der Waals surface area contributed by atoms with E-state index in [1.54, 1.807) is 0 Å². The lowest BCUT2D eigenvalue weighted by atomic mass is 10.2. The molecule has 0 radical (unpaired) electrons. The molecular formula is C31H32N6. The molecule has 0 fully saturated rings. The zero-order valence-corrected chi connectivity index (χ0v) is 21.8. The second-order valence-corrected chi connectivity index (χ2v) is 8.74. The second kappa shape index (κ2) is 12.5. The van der Waals surface area contributed by atoms with Gasteiger partial charge in [-0.3, -0.25) is 4.99 Å². The van der Waals surface area contributed by atoms with Crippen LogP contribution in [0.3, 0.4) is 0 Å². The molecule has 186 valence electrons. The Hall–Kier alpha value is -4.45. The van der Waals surface area contributed by atoms with E-state index in [4.69, 9.17) is 0 Å². The molecule has 0 saturated heterocycles. The first-order chi connectivity index (χ1) is 18.0. The van der Waals surface area contributed by atoms with Crippen molar-refractivity contribution in [3.05, 3.63) is 108 Å². The van der Waals surface area contributed by atoms with Crippen LogP contribution in [0.15, 0.2) is 116 Å². The first-order valence-electron chi connectivity index (χ1n) is 12.5. The number of rotatable bonds is 9. The standard InChI is InChI=1S/C31H32N6/c1-5-37(6-2)30-18-15-28(16-19-30)33-35-29-17-20-31(24(4)21-29)36-34-27-13-11-26(12-14-27)32-22-25-9-7-23(3)8-10-25/h7-22H,5-6H2,1-4H3. The molecule has 6 heteroatoms. The SMILES string of the molecule is CCN(CC)c1ccc(N=Nc2ccc(N=Nc3ccc(N=Cc4ccc(C)cc4)cc3)c(C)c2)cc1. The molecule has 37 heavy (non-hydrogen) atoms. The summed E-state index contributed by atoms with van der Waals surface area (Å²) in [4.78, 5) is 6.83. The summed E-state index contributed by atoms with van der Waals surface area (Å²) in [7, 11) is 0. The smallest absolute Gasteiger partial charge is 0.0887 e. The average Bonchev–Trinajstić information content (AvgIpc) is 2.93. The number of anilines is 1. The minimum Gasteiger partial charge on any atom is -0.372 e. The molecule has 4 aromatic rings. The number of azo groups is 2. The van der Waals surface area contributed by atoms with Crippen molar-refractivity contribution < 1.29 is 0 Å². The molecule has 0 saturated carbocycles. The van der Waals surface area contributed by atoms with Gasteiger partial charge in [0, 0.05) is 25.0 Å². The van der Waals surface area contributed by atoms with Crippen molar-refractivity contribution >= 4 is 40.3 Å². The third-order valence-electron chi connectivity index (χ3n) is 6.00. The average molecular weight is 489 g/mol. The maximum Gasteiger partial charge on any atom is 0.0887 e. The molecule has 0 amide bonds. The topological polar surface area (TPSA) is 65.0 Å². The molecule has 4 rings (SSSR count). The van der Waals surface area contributed by atoms with Gasteiger partial charge < -0.3 is 4.90 Å². The van der Waals surface area contributed by atoms with E-state index in [-0.39, 0.29) is 0 Å². The summed E-state index contributed by atoms with van der Waals surface area (Å²) >= 11 is 0. The predicted octanol–water partition coefficient (Wildman–Crippen LogP) is 9.73. The second-order valence-electron chi connectivity index (χ2n) is 8.74. The van der Waals surface area contributed by atoms with Crippen LogP contribution in [-0.4, -0.2) is 19.3 Å².